The van der Waals surface area contributed by atoms with Crippen LogP contribution in [0.1, 0.15) is 21.7 Å². The molecule has 7 heteroatoms. The van der Waals surface area contributed by atoms with Gasteiger partial charge in [0.15, 0.2) is 0 Å². The van der Waals surface area contributed by atoms with Crippen molar-refractivity contribution in [3.63, 3.8) is 0 Å². The summed E-state index contributed by atoms with van der Waals surface area (Å²) in [5, 5.41) is 3.33. The Balaban J connectivity index is 1.67. The van der Waals surface area contributed by atoms with Crippen LogP contribution in [0.5, 0.6) is 0 Å². The van der Waals surface area contributed by atoms with E-state index in [9.17, 15) is 4.79 Å². The van der Waals surface area contributed by atoms with Gasteiger partial charge in [-0.3, -0.25) is 4.79 Å². The number of hydrogen-bond acceptors (Lipinski definition) is 6. The van der Waals surface area contributed by atoms with E-state index in [0.29, 0.717) is 12.1 Å². The van der Waals surface area contributed by atoms with Crippen molar-refractivity contribution in [2.45, 2.75) is 13.5 Å². The van der Waals surface area contributed by atoms with Crippen molar-refractivity contribution >= 4 is 17.5 Å². The maximum absolute atomic E-state index is 11.1. The van der Waals surface area contributed by atoms with Crippen LogP contribution in [0, 0.1) is 6.92 Å². The molecule has 0 saturated carbocycles. The fraction of sp³-hybridized carbons (Fsp3) is 0.389. The summed E-state index contributed by atoms with van der Waals surface area (Å²) in [4.78, 5) is 24.8. The Morgan fingerprint density at radius 3 is 2.48 bits per heavy atom. The Bertz CT molecular complexity index is 738. The molecule has 1 saturated heterocycles. The van der Waals surface area contributed by atoms with Crippen molar-refractivity contribution in [2.24, 2.45) is 5.73 Å². The van der Waals surface area contributed by atoms with Crippen LogP contribution in [0.2, 0.25) is 0 Å². The fourth-order valence-corrected chi connectivity index (χ4v) is 2.82. The molecule has 1 fully saturated rings. The van der Waals surface area contributed by atoms with E-state index in [2.05, 4.69) is 32.1 Å². The maximum Gasteiger partial charge on any atom is 0.248 e. The van der Waals surface area contributed by atoms with E-state index in [1.807, 2.05) is 25.1 Å². The summed E-state index contributed by atoms with van der Waals surface area (Å²) < 4.78 is 0. The van der Waals surface area contributed by atoms with Gasteiger partial charge in [-0.2, -0.15) is 0 Å². The zero-order valence-corrected chi connectivity index (χ0v) is 14.7. The highest BCUT2D eigenvalue weighted by Crippen LogP contribution is 2.18. The van der Waals surface area contributed by atoms with Crippen molar-refractivity contribution < 1.29 is 4.79 Å². The number of amides is 1. The molecule has 1 aliphatic rings. The summed E-state index contributed by atoms with van der Waals surface area (Å²) in [6.45, 7) is 6.56. The van der Waals surface area contributed by atoms with Crippen molar-refractivity contribution in [3.05, 3.63) is 47.3 Å². The smallest absolute Gasteiger partial charge is 0.248 e. The van der Waals surface area contributed by atoms with Gasteiger partial charge in [-0.05, 0) is 31.7 Å². The Hall–Kier alpha value is -2.67. The molecule has 132 valence electrons. The topological polar surface area (TPSA) is 87.4 Å². The monoisotopic (exact) mass is 340 g/mol. The number of piperazine rings is 1. The largest absolute Gasteiger partial charge is 0.366 e. The standard InChI is InChI=1S/C18H24N6O/c1-13-21-16(11-17(22-13)24-9-7-23(2)8-10-24)20-12-14-3-5-15(6-4-14)18(19)25/h3-6,11H,7-10,12H2,1-2H3,(H2,19,25)(H,20,21,22). The van der Waals surface area contributed by atoms with Crippen LogP contribution < -0.4 is 16.0 Å². The molecule has 1 aliphatic heterocycles. The molecule has 2 aromatic rings. The number of benzene rings is 1. The first-order chi connectivity index (χ1) is 12.0. The molecular formula is C18H24N6O. The molecular weight excluding hydrogens is 316 g/mol. The molecule has 0 bridgehead atoms. The third-order valence-corrected chi connectivity index (χ3v) is 4.36. The number of nitrogens with one attached hydrogen (secondary N) is 1. The van der Waals surface area contributed by atoms with Gasteiger partial charge in [0.2, 0.25) is 5.91 Å². The first-order valence-corrected chi connectivity index (χ1v) is 8.43. The van der Waals surface area contributed by atoms with Crippen molar-refractivity contribution in [1.29, 1.82) is 0 Å². The van der Waals surface area contributed by atoms with Gasteiger partial charge in [0.05, 0.1) is 0 Å². The number of carbonyl (C=O) groups is 1. The minimum absolute atomic E-state index is 0.414. The minimum Gasteiger partial charge on any atom is -0.366 e. The number of nitrogens with two attached hydrogens (primary N) is 1. The molecule has 2 heterocycles. The molecule has 0 unspecified atom stereocenters. The lowest BCUT2D eigenvalue weighted by Crippen LogP contribution is -2.44. The number of hydrogen-bond donors (Lipinski definition) is 2. The van der Waals surface area contributed by atoms with Crippen LogP contribution in [-0.2, 0) is 6.54 Å². The van der Waals surface area contributed by atoms with Crippen LogP contribution in [0.25, 0.3) is 0 Å². The maximum atomic E-state index is 11.1. The second-order valence-corrected chi connectivity index (χ2v) is 6.36. The zero-order chi connectivity index (χ0) is 17.8. The molecule has 0 spiro atoms. The van der Waals surface area contributed by atoms with Crippen LogP contribution in [0.3, 0.4) is 0 Å². The van der Waals surface area contributed by atoms with E-state index in [1.54, 1.807) is 12.1 Å². The summed E-state index contributed by atoms with van der Waals surface area (Å²) in [6, 6.07) is 9.25. The van der Waals surface area contributed by atoms with Gasteiger partial charge in [0.25, 0.3) is 0 Å². The SMILES string of the molecule is Cc1nc(NCc2ccc(C(N)=O)cc2)cc(N2CCN(C)CC2)n1. The number of aromatic nitrogens is 2. The first kappa shape index (κ1) is 17.2. The molecule has 0 radical (unpaired) electrons. The Kier molecular flexibility index (Phi) is 5.14. The summed E-state index contributed by atoms with van der Waals surface area (Å²) >= 11 is 0. The van der Waals surface area contributed by atoms with E-state index in [4.69, 9.17) is 5.73 Å². The molecule has 1 amide bonds. The van der Waals surface area contributed by atoms with Gasteiger partial charge in [0.1, 0.15) is 17.5 Å². The van der Waals surface area contributed by atoms with E-state index in [-0.39, 0.29) is 0 Å². The van der Waals surface area contributed by atoms with Gasteiger partial charge in [-0.15, -0.1) is 0 Å². The molecule has 7 nitrogen and oxygen atoms in total. The molecule has 3 N–H and O–H groups in total. The van der Waals surface area contributed by atoms with Gasteiger partial charge >= 0.3 is 0 Å². The van der Waals surface area contributed by atoms with Gasteiger partial charge in [-0.25, -0.2) is 9.97 Å². The van der Waals surface area contributed by atoms with E-state index in [1.165, 1.54) is 0 Å². The van der Waals surface area contributed by atoms with Crippen molar-refractivity contribution in [1.82, 2.24) is 14.9 Å². The lowest BCUT2D eigenvalue weighted by atomic mass is 10.1. The van der Waals surface area contributed by atoms with Gasteiger partial charge < -0.3 is 20.9 Å². The summed E-state index contributed by atoms with van der Waals surface area (Å²) in [5.74, 6) is 2.11. The van der Waals surface area contributed by atoms with Crippen molar-refractivity contribution in [2.75, 3.05) is 43.4 Å². The summed E-state index contributed by atoms with van der Waals surface area (Å²) in [6.07, 6.45) is 0. The lowest BCUT2D eigenvalue weighted by Gasteiger charge is -2.33. The van der Waals surface area contributed by atoms with E-state index in [0.717, 1.165) is 49.2 Å². The second-order valence-electron chi connectivity index (χ2n) is 6.36. The van der Waals surface area contributed by atoms with E-state index >= 15 is 0 Å². The number of primary amides is 1. The molecule has 25 heavy (non-hydrogen) atoms. The lowest BCUT2D eigenvalue weighted by molar-refractivity contribution is 0.100. The van der Waals surface area contributed by atoms with Gasteiger partial charge in [0, 0.05) is 44.4 Å². The highest BCUT2D eigenvalue weighted by Gasteiger charge is 2.16. The van der Waals surface area contributed by atoms with Crippen LogP contribution in [0.15, 0.2) is 30.3 Å². The summed E-state index contributed by atoms with van der Waals surface area (Å²) in [5.41, 5.74) is 6.83. The molecule has 3 rings (SSSR count). The molecule has 0 atom stereocenters. The summed E-state index contributed by atoms with van der Waals surface area (Å²) in [7, 11) is 2.14. The first-order valence-electron chi connectivity index (χ1n) is 8.43. The van der Waals surface area contributed by atoms with Gasteiger partial charge in [-0.1, -0.05) is 12.1 Å². The average molecular weight is 340 g/mol. The molecule has 0 aliphatic carbocycles. The number of carbonyl (C=O) groups excluding carboxylic acids is 1. The number of nitrogens with zero attached hydrogens (tertiary/aromatic N) is 4. The predicted molar refractivity (Wildman–Crippen MR) is 98.8 cm³/mol. The Morgan fingerprint density at radius 1 is 1.16 bits per heavy atom. The highest BCUT2D eigenvalue weighted by atomic mass is 16.1. The van der Waals surface area contributed by atoms with Crippen LogP contribution >= 0.6 is 0 Å². The Labute approximate surface area is 147 Å². The number of likely N-dealkylation sites (N-methyl/N-ethyl adjacent to an activating group) is 1. The molecule has 1 aromatic heterocycles. The van der Waals surface area contributed by atoms with E-state index < -0.39 is 5.91 Å². The zero-order valence-electron chi connectivity index (χ0n) is 14.7. The quantitative estimate of drug-likeness (QED) is 0.852. The minimum atomic E-state index is -0.414. The average Bonchev–Trinajstić information content (AvgIpc) is 2.60. The highest BCUT2D eigenvalue weighted by molar-refractivity contribution is 5.92. The Morgan fingerprint density at radius 2 is 1.84 bits per heavy atom. The normalized spacial score (nSPS) is 15.2. The predicted octanol–water partition coefficient (Wildman–Crippen LogP) is 1.25. The number of anilines is 2. The third kappa shape index (κ3) is 4.45. The number of aryl methyl sites for hydroxylation is 1. The molecule has 1 aromatic carbocycles. The van der Waals surface area contributed by atoms with Crippen molar-refractivity contribution in [3.8, 4) is 0 Å². The second kappa shape index (κ2) is 7.48. The third-order valence-electron chi connectivity index (χ3n) is 4.36. The van der Waals surface area contributed by atoms with Crippen LogP contribution in [0.4, 0.5) is 11.6 Å². The number of rotatable bonds is 5. The van der Waals surface area contributed by atoms with Crippen LogP contribution in [-0.4, -0.2) is 54.0 Å². The fourth-order valence-electron chi connectivity index (χ4n) is 2.82.